The number of carbonyl (C=O) groups is 2. The van der Waals surface area contributed by atoms with E-state index in [0.717, 1.165) is 5.57 Å². The predicted octanol–water partition coefficient (Wildman–Crippen LogP) is 4.16. The van der Waals surface area contributed by atoms with Gasteiger partial charge < -0.3 is 9.47 Å². The molecule has 0 aliphatic heterocycles. The van der Waals surface area contributed by atoms with Gasteiger partial charge in [0.25, 0.3) is 5.79 Å². The van der Waals surface area contributed by atoms with E-state index < -0.39 is 17.7 Å². The number of esters is 2. The molecule has 0 amide bonds. The van der Waals surface area contributed by atoms with Crippen molar-refractivity contribution in [1.82, 2.24) is 0 Å². The minimum atomic E-state index is -1.36. The molecular formula is C22H18O4. The molecular weight excluding hydrogens is 328 g/mol. The van der Waals surface area contributed by atoms with E-state index in [0.29, 0.717) is 11.1 Å². The lowest BCUT2D eigenvalue weighted by atomic mass is 9.98. The average molecular weight is 346 g/mol. The third-order valence-corrected chi connectivity index (χ3v) is 4.87. The van der Waals surface area contributed by atoms with Gasteiger partial charge in [-0.2, -0.15) is 0 Å². The van der Waals surface area contributed by atoms with Crippen LogP contribution in [0, 0.1) is 11.8 Å². The van der Waals surface area contributed by atoms with Crippen LogP contribution < -0.4 is 0 Å². The van der Waals surface area contributed by atoms with Crippen molar-refractivity contribution in [3.63, 3.8) is 0 Å². The van der Waals surface area contributed by atoms with Gasteiger partial charge in [0.15, 0.2) is 0 Å². The Morgan fingerprint density at radius 2 is 1.31 bits per heavy atom. The molecule has 2 atom stereocenters. The number of ether oxygens (including phenoxy) is 2. The second kappa shape index (κ2) is 6.30. The van der Waals surface area contributed by atoms with E-state index in [4.69, 9.17) is 9.47 Å². The van der Waals surface area contributed by atoms with Gasteiger partial charge in [-0.25, -0.2) is 9.59 Å². The first kappa shape index (κ1) is 16.3. The highest BCUT2D eigenvalue weighted by Crippen LogP contribution is 2.50. The summed E-state index contributed by atoms with van der Waals surface area (Å²) in [6.07, 6.45) is 5.85. The zero-order chi connectivity index (χ0) is 18.1. The van der Waals surface area contributed by atoms with Gasteiger partial charge in [0.1, 0.15) is 0 Å². The van der Waals surface area contributed by atoms with Gasteiger partial charge in [0.2, 0.25) is 0 Å². The van der Waals surface area contributed by atoms with E-state index >= 15 is 0 Å². The van der Waals surface area contributed by atoms with Gasteiger partial charge in [0, 0.05) is 0 Å². The molecule has 4 rings (SSSR count). The van der Waals surface area contributed by atoms with Crippen LogP contribution in [0.25, 0.3) is 0 Å². The largest absolute Gasteiger partial charge is 0.417 e. The van der Waals surface area contributed by atoms with Crippen molar-refractivity contribution in [2.24, 2.45) is 11.8 Å². The number of rotatable bonds is 4. The molecule has 0 saturated carbocycles. The second-order valence-corrected chi connectivity index (χ2v) is 6.53. The van der Waals surface area contributed by atoms with Crippen LogP contribution in [0.4, 0.5) is 0 Å². The van der Waals surface area contributed by atoms with E-state index in [-0.39, 0.29) is 11.8 Å². The number of fused-ring (bicyclic) bond motifs is 2. The molecule has 2 aromatic carbocycles. The summed E-state index contributed by atoms with van der Waals surface area (Å²) in [6.45, 7) is 1.95. The maximum Gasteiger partial charge on any atom is 0.341 e. The van der Waals surface area contributed by atoms with Crippen LogP contribution >= 0.6 is 0 Å². The molecule has 0 radical (unpaired) electrons. The van der Waals surface area contributed by atoms with E-state index in [9.17, 15) is 9.59 Å². The zero-order valence-corrected chi connectivity index (χ0v) is 14.3. The van der Waals surface area contributed by atoms with Gasteiger partial charge in [-0.3, -0.25) is 0 Å². The molecule has 2 unspecified atom stereocenters. The highest BCUT2D eigenvalue weighted by atomic mass is 16.7. The van der Waals surface area contributed by atoms with Crippen molar-refractivity contribution in [3.8, 4) is 0 Å². The van der Waals surface area contributed by atoms with Crippen LogP contribution in [0.5, 0.6) is 0 Å². The van der Waals surface area contributed by atoms with Gasteiger partial charge in [0.05, 0.1) is 23.0 Å². The maximum atomic E-state index is 12.7. The fourth-order valence-electron chi connectivity index (χ4n) is 3.57. The molecule has 26 heavy (non-hydrogen) atoms. The first-order valence-corrected chi connectivity index (χ1v) is 8.53. The summed E-state index contributed by atoms with van der Waals surface area (Å²) in [6, 6.07) is 17.4. The average Bonchev–Trinajstić information content (AvgIpc) is 3.12. The Bertz CT molecular complexity index is 843. The zero-order valence-electron chi connectivity index (χ0n) is 14.3. The molecule has 0 fully saturated rings. The van der Waals surface area contributed by atoms with Gasteiger partial charge >= 0.3 is 11.9 Å². The third-order valence-electron chi connectivity index (χ3n) is 4.87. The van der Waals surface area contributed by atoms with E-state index in [1.807, 2.05) is 37.3 Å². The Hall–Kier alpha value is -3.14. The number of benzene rings is 2. The Morgan fingerprint density at radius 1 is 0.808 bits per heavy atom. The SMILES string of the molecule is CC1=CC2C=CC1C2(OC(=O)c1ccccc1)OC(=O)c1ccccc1. The van der Waals surface area contributed by atoms with Crippen molar-refractivity contribution in [1.29, 1.82) is 0 Å². The molecule has 130 valence electrons. The van der Waals surface area contributed by atoms with Crippen LogP contribution in [-0.4, -0.2) is 17.7 Å². The Morgan fingerprint density at radius 3 is 1.69 bits per heavy atom. The number of hydrogen-bond acceptors (Lipinski definition) is 4. The molecule has 2 aromatic rings. The molecule has 0 N–H and O–H groups in total. The molecule has 2 aliphatic carbocycles. The monoisotopic (exact) mass is 346 g/mol. The summed E-state index contributed by atoms with van der Waals surface area (Å²) in [5.41, 5.74) is 1.87. The summed E-state index contributed by atoms with van der Waals surface area (Å²) in [5.74, 6) is -2.92. The Balaban J connectivity index is 1.64. The third kappa shape index (κ3) is 2.64. The Kier molecular flexibility index (Phi) is 3.96. The van der Waals surface area contributed by atoms with Crippen LogP contribution in [0.1, 0.15) is 27.6 Å². The highest BCUT2D eigenvalue weighted by molar-refractivity contribution is 5.91. The smallest absolute Gasteiger partial charge is 0.341 e. The lowest BCUT2D eigenvalue weighted by molar-refractivity contribution is -0.188. The molecule has 0 saturated heterocycles. The van der Waals surface area contributed by atoms with Crippen molar-refractivity contribution in [2.45, 2.75) is 12.7 Å². The van der Waals surface area contributed by atoms with Crippen LogP contribution in [0.2, 0.25) is 0 Å². The van der Waals surface area contributed by atoms with Crippen molar-refractivity contribution < 1.29 is 19.1 Å². The van der Waals surface area contributed by atoms with Gasteiger partial charge in [-0.05, 0) is 31.2 Å². The molecule has 0 aromatic heterocycles. The Labute approximate surface area is 151 Å². The predicted molar refractivity (Wildman–Crippen MR) is 96.3 cm³/mol. The summed E-state index contributed by atoms with van der Waals surface area (Å²) in [4.78, 5) is 25.4. The van der Waals surface area contributed by atoms with E-state index in [1.165, 1.54) is 0 Å². The minimum absolute atomic E-state index is 0.271. The summed E-state index contributed by atoms with van der Waals surface area (Å²) >= 11 is 0. The van der Waals surface area contributed by atoms with E-state index in [1.54, 1.807) is 48.5 Å². The normalized spacial score (nSPS) is 22.0. The molecule has 4 heteroatoms. The first-order chi connectivity index (χ1) is 12.6. The summed E-state index contributed by atoms with van der Waals surface area (Å²) in [5, 5.41) is 0. The van der Waals surface area contributed by atoms with Crippen LogP contribution in [0.3, 0.4) is 0 Å². The number of carbonyl (C=O) groups excluding carboxylic acids is 2. The minimum Gasteiger partial charge on any atom is -0.417 e. The van der Waals surface area contributed by atoms with Crippen molar-refractivity contribution in [2.75, 3.05) is 0 Å². The maximum absolute atomic E-state index is 12.7. The lowest BCUT2D eigenvalue weighted by Gasteiger charge is -2.34. The summed E-state index contributed by atoms with van der Waals surface area (Å²) in [7, 11) is 0. The lowest BCUT2D eigenvalue weighted by Crippen LogP contribution is -2.46. The molecule has 2 bridgehead atoms. The van der Waals surface area contributed by atoms with Gasteiger partial charge in [-0.15, -0.1) is 0 Å². The molecule has 2 aliphatic rings. The summed E-state index contributed by atoms with van der Waals surface area (Å²) < 4.78 is 11.7. The van der Waals surface area contributed by atoms with Gasteiger partial charge in [-0.1, -0.05) is 60.2 Å². The first-order valence-electron chi connectivity index (χ1n) is 8.53. The second-order valence-electron chi connectivity index (χ2n) is 6.53. The molecule has 0 heterocycles. The molecule has 0 spiro atoms. The quantitative estimate of drug-likeness (QED) is 0.474. The van der Waals surface area contributed by atoms with Crippen LogP contribution in [0.15, 0.2) is 84.5 Å². The van der Waals surface area contributed by atoms with Crippen molar-refractivity contribution in [3.05, 3.63) is 95.6 Å². The fraction of sp³-hybridized carbons (Fsp3) is 0.182. The van der Waals surface area contributed by atoms with Crippen LogP contribution in [-0.2, 0) is 9.47 Å². The van der Waals surface area contributed by atoms with Crippen molar-refractivity contribution >= 4 is 11.9 Å². The standard InChI is InChI=1S/C22H18O4/c1-15-14-18-12-13-19(15)22(18,25-20(23)16-8-4-2-5-9-16)26-21(24)17-10-6-3-7-11-17/h2-14,18-19H,1H3. The highest BCUT2D eigenvalue weighted by Gasteiger charge is 2.58. The fourth-order valence-corrected chi connectivity index (χ4v) is 3.57. The van der Waals surface area contributed by atoms with E-state index in [2.05, 4.69) is 0 Å². The number of hydrogen-bond donors (Lipinski definition) is 0. The molecule has 4 nitrogen and oxygen atoms in total. The topological polar surface area (TPSA) is 52.6 Å².